The molecule has 0 amide bonds. The Bertz CT molecular complexity index is 179. The van der Waals surface area contributed by atoms with Crippen LogP contribution in [0.15, 0.2) is 10.7 Å². The second kappa shape index (κ2) is 2.33. The first kappa shape index (κ1) is 7.12. The summed E-state index contributed by atoms with van der Waals surface area (Å²) in [7, 11) is 0. The van der Waals surface area contributed by atoms with Crippen molar-refractivity contribution in [2.24, 2.45) is 0 Å². The van der Waals surface area contributed by atoms with Crippen molar-refractivity contribution in [3.05, 3.63) is 12.0 Å². The maximum absolute atomic E-state index is 5.36. The van der Waals surface area contributed by atoms with Crippen LogP contribution in [0.4, 0.5) is 0 Å². The molecule has 0 unspecified atom stereocenters. The van der Waals surface area contributed by atoms with E-state index in [1.165, 1.54) is 6.20 Å². The lowest BCUT2D eigenvalue weighted by Gasteiger charge is -2.01. The van der Waals surface area contributed by atoms with Gasteiger partial charge in [-0.2, -0.15) is 0 Å². The quantitative estimate of drug-likeness (QED) is 0.582. The zero-order valence-electron chi connectivity index (χ0n) is 4.01. The van der Waals surface area contributed by atoms with Crippen LogP contribution in [0.1, 0.15) is 5.76 Å². The zero-order valence-corrected chi connectivity index (χ0v) is 6.28. The third-order valence-electron chi connectivity index (χ3n) is 0.641. The number of rotatable bonds is 0. The maximum Gasteiger partial charge on any atom is 0.252 e. The van der Waals surface area contributed by atoms with E-state index in [9.17, 15) is 0 Å². The second-order valence-corrected chi connectivity index (χ2v) is 3.56. The van der Waals surface area contributed by atoms with Crippen molar-refractivity contribution in [2.45, 2.75) is 3.79 Å². The van der Waals surface area contributed by atoms with Crippen molar-refractivity contribution >= 4 is 34.8 Å². The molecule has 0 radical (unpaired) electrons. The molecule has 0 fully saturated rings. The van der Waals surface area contributed by atoms with Gasteiger partial charge in [-0.1, -0.05) is 34.8 Å². The van der Waals surface area contributed by atoms with E-state index in [0.717, 1.165) is 0 Å². The number of nitrogens with zero attached hydrogens (tertiary/aromatic N) is 2. The monoisotopic (exact) mass is 186 g/mol. The lowest BCUT2D eigenvalue weighted by Crippen LogP contribution is -1.96. The molecule has 0 aliphatic rings. The number of hydrogen-bond acceptors (Lipinski definition) is 3. The van der Waals surface area contributed by atoms with Crippen LogP contribution in [0.2, 0.25) is 0 Å². The summed E-state index contributed by atoms with van der Waals surface area (Å²) in [4.78, 5) is 0. The molecule has 0 spiro atoms. The van der Waals surface area contributed by atoms with E-state index < -0.39 is 3.79 Å². The van der Waals surface area contributed by atoms with Crippen LogP contribution in [-0.2, 0) is 3.79 Å². The van der Waals surface area contributed by atoms with Gasteiger partial charge in [0.15, 0.2) is 0 Å². The fourth-order valence-electron chi connectivity index (χ4n) is 0.292. The summed E-state index contributed by atoms with van der Waals surface area (Å²) >= 11 is 16.1. The lowest BCUT2D eigenvalue weighted by molar-refractivity contribution is 0.365. The summed E-state index contributed by atoms with van der Waals surface area (Å²) in [6.45, 7) is 0. The van der Waals surface area contributed by atoms with Gasteiger partial charge in [-0.3, -0.25) is 0 Å². The van der Waals surface area contributed by atoms with Gasteiger partial charge in [-0.25, -0.2) is 0 Å². The predicted octanol–water partition coefficient (Wildman–Crippen LogP) is 1.90. The molecule has 1 aromatic heterocycles. The van der Waals surface area contributed by atoms with Crippen LogP contribution in [0.25, 0.3) is 0 Å². The number of hydrogen-bond donors (Lipinski definition) is 0. The van der Waals surface area contributed by atoms with Gasteiger partial charge in [-0.15, -0.1) is 5.10 Å². The van der Waals surface area contributed by atoms with Crippen molar-refractivity contribution in [1.29, 1.82) is 0 Å². The van der Waals surface area contributed by atoms with E-state index in [4.69, 9.17) is 34.8 Å². The normalized spacial score (nSPS) is 11.9. The topological polar surface area (TPSA) is 38.9 Å². The lowest BCUT2D eigenvalue weighted by atomic mass is 10.6. The van der Waals surface area contributed by atoms with Gasteiger partial charge >= 0.3 is 0 Å². The van der Waals surface area contributed by atoms with Crippen molar-refractivity contribution in [1.82, 2.24) is 10.4 Å². The van der Waals surface area contributed by atoms with Crippen molar-refractivity contribution in [3.8, 4) is 0 Å². The van der Waals surface area contributed by atoms with Gasteiger partial charge in [0.05, 0.1) is 6.20 Å². The molecule has 1 aromatic rings. The zero-order chi connectivity index (χ0) is 6.91. The molecule has 1 heterocycles. The summed E-state index contributed by atoms with van der Waals surface area (Å²) in [6, 6.07) is 0. The van der Waals surface area contributed by atoms with Crippen LogP contribution in [0.5, 0.6) is 0 Å². The number of halogens is 3. The summed E-state index contributed by atoms with van der Waals surface area (Å²) in [5.41, 5.74) is 0. The first-order valence-corrected chi connectivity index (χ1v) is 3.08. The molecule has 0 bridgehead atoms. The first-order valence-electron chi connectivity index (χ1n) is 1.95. The molecule has 0 atom stereocenters. The molecule has 50 valence electrons. The van der Waals surface area contributed by atoms with Gasteiger partial charge in [-0.05, 0) is 0 Å². The molecule has 0 aliphatic carbocycles. The van der Waals surface area contributed by atoms with Crippen molar-refractivity contribution < 1.29 is 4.52 Å². The molecule has 0 aliphatic heterocycles. The largest absolute Gasteiger partial charge is 0.337 e. The van der Waals surface area contributed by atoms with E-state index >= 15 is 0 Å². The molecular weight excluding hydrogens is 186 g/mol. The summed E-state index contributed by atoms with van der Waals surface area (Å²) < 4.78 is 2.89. The minimum atomic E-state index is -1.55. The minimum Gasteiger partial charge on any atom is -0.337 e. The smallest absolute Gasteiger partial charge is 0.252 e. The average Bonchev–Trinajstić information content (AvgIpc) is 2.08. The average molecular weight is 187 g/mol. The Kier molecular flexibility index (Phi) is 1.84. The van der Waals surface area contributed by atoms with Gasteiger partial charge in [0.1, 0.15) is 0 Å². The molecule has 0 saturated heterocycles. The van der Waals surface area contributed by atoms with Crippen LogP contribution in [-0.4, -0.2) is 10.4 Å². The van der Waals surface area contributed by atoms with E-state index in [2.05, 4.69) is 14.9 Å². The third-order valence-corrected chi connectivity index (χ3v) is 1.20. The highest BCUT2D eigenvalue weighted by Crippen LogP contribution is 2.37. The Morgan fingerprint density at radius 2 is 2.11 bits per heavy atom. The van der Waals surface area contributed by atoms with Crippen LogP contribution < -0.4 is 0 Å². The Balaban J connectivity index is 2.90. The van der Waals surface area contributed by atoms with E-state index in [1.54, 1.807) is 0 Å². The highest BCUT2D eigenvalue weighted by Gasteiger charge is 2.27. The molecule has 1 rings (SSSR count). The third kappa shape index (κ3) is 1.71. The van der Waals surface area contributed by atoms with E-state index in [0.29, 0.717) is 0 Å². The Morgan fingerprint density at radius 1 is 1.44 bits per heavy atom. The molecule has 9 heavy (non-hydrogen) atoms. The van der Waals surface area contributed by atoms with Gasteiger partial charge < -0.3 is 4.52 Å². The fourth-order valence-corrected chi connectivity index (χ4v) is 0.542. The summed E-state index contributed by atoms with van der Waals surface area (Å²) in [5, 5.41) is 6.43. The molecule has 6 heteroatoms. The van der Waals surface area contributed by atoms with Crippen LogP contribution in [0, 0.1) is 0 Å². The maximum atomic E-state index is 5.36. The highest BCUT2D eigenvalue weighted by molar-refractivity contribution is 6.66. The fraction of sp³-hybridized carbons (Fsp3) is 0.333. The van der Waals surface area contributed by atoms with E-state index in [-0.39, 0.29) is 5.76 Å². The second-order valence-electron chi connectivity index (χ2n) is 1.28. The molecule has 0 N–H and O–H groups in total. The molecule has 0 aromatic carbocycles. The standard InChI is InChI=1S/C3HCl3N2O/c4-3(5,6)2-1-7-8-9-2/h1H. The molecule has 0 saturated carbocycles. The number of alkyl halides is 3. The minimum absolute atomic E-state index is 0.118. The van der Waals surface area contributed by atoms with Crippen LogP contribution in [0.3, 0.4) is 0 Å². The first-order chi connectivity index (χ1) is 4.11. The Morgan fingerprint density at radius 3 is 2.33 bits per heavy atom. The van der Waals surface area contributed by atoms with E-state index in [1.807, 2.05) is 0 Å². The number of aromatic nitrogens is 2. The summed E-state index contributed by atoms with van der Waals surface area (Å²) in [5.74, 6) is 0.118. The Labute approximate surface area is 65.9 Å². The van der Waals surface area contributed by atoms with Gasteiger partial charge in [0, 0.05) is 5.27 Å². The van der Waals surface area contributed by atoms with Gasteiger partial charge in [0.2, 0.25) is 5.76 Å². The van der Waals surface area contributed by atoms with Crippen molar-refractivity contribution in [3.63, 3.8) is 0 Å². The van der Waals surface area contributed by atoms with Crippen LogP contribution >= 0.6 is 34.8 Å². The molecular formula is C3HCl3N2O. The summed E-state index contributed by atoms with van der Waals surface area (Å²) in [6.07, 6.45) is 1.24. The van der Waals surface area contributed by atoms with Crippen molar-refractivity contribution in [2.75, 3.05) is 0 Å². The molecule has 3 nitrogen and oxygen atoms in total. The predicted molar refractivity (Wildman–Crippen MR) is 33.5 cm³/mol. The van der Waals surface area contributed by atoms with Gasteiger partial charge in [0.25, 0.3) is 3.79 Å². The Hall–Kier alpha value is 0.01000. The highest BCUT2D eigenvalue weighted by atomic mass is 35.6. The SMILES string of the molecule is ClC(Cl)(Cl)c1cnno1.